The Morgan fingerprint density at radius 2 is 0.897 bits per heavy atom. The fraction of sp³-hybridized carbons (Fsp3) is 0.438. The van der Waals surface area contributed by atoms with E-state index in [4.69, 9.17) is 4.42 Å². The predicted molar refractivity (Wildman–Crippen MR) is 292 cm³/mol. The molecule has 0 radical (unpaired) electrons. The molecule has 3 heterocycles. The molecule has 68 heavy (non-hydrogen) atoms. The summed E-state index contributed by atoms with van der Waals surface area (Å²) in [6, 6.07) is 36.5. The summed E-state index contributed by atoms with van der Waals surface area (Å²) in [5, 5.41) is 2.32. The second-order valence-electron chi connectivity index (χ2n) is 27.1. The summed E-state index contributed by atoms with van der Waals surface area (Å²) >= 11 is 0. The Labute approximate surface area is 407 Å². The van der Waals surface area contributed by atoms with Gasteiger partial charge in [0.2, 0.25) is 0 Å². The standard InChI is InChI=1S/C64H73BN2O/c1-37-28-41-46(64(15,16)36-63(41,13)14)33-50(37)67-52-35-45-43(60(7,8)25-27-62(45,11)12)32-48(52)65-47-31-42-44(61(9,10)26-24-59(42,5)6)34-51(47)66(53-29-38(58(2,3)4)30-54(67)56(53)65)49-22-19-21-40-39-20-17-18-23-55(39)68-57(40)49/h17-23,28-35H,24-27,36H2,1-16H3. The fourth-order valence-corrected chi connectivity index (χ4v) is 14.3. The Balaban J connectivity index is 1.27. The van der Waals surface area contributed by atoms with Crippen LogP contribution < -0.4 is 26.2 Å². The summed E-state index contributed by atoms with van der Waals surface area (Å²) in [7, 11) is 0. The largest absolute Gasteiger partial charge is 0.454 e. The molecule has 0 atom stereocenters. The highest BCUT2D eigenvalue weighted by Gasteiger charge is 2.50. The number of hydrogen-bond acceptors (Lipinski definition) is 3. The molecule has 348 valence electrons. The molecule has 12 rings (SSSR count). The molecule has 4 heteroatoms. The molecule has 0 unspecified atom stereocenters. The fourth-order valence-electron chi connectivity index (χ4n) is 14.3. The molecule has 0 fully saturated rings. The minimum absolute atomic E-state index is 0.0174. The minimum Gasteiger partial charge on any atom is -0.454 e. The first-order chi connectivity index (χ1) is 31.7. The number of benzene rings is 6. The lowest BCUT2D eigenvalue weighted by Gasteiger charge is -2.49. The SMILES string of the molecule is Cc1cc2c(cc1N1c3cc4c(cc3B3c5cc6c(cc5N(c5cccc7c5oc5ccccc57)c5cc(C(C)(C)C)cc1c53)C(C)(C)CCC6(C)C)C(C)(C)CCC4(C)C)C(C)(C)CC2(C)C. The van der Waals surface area contributed by atoms with Crippen LogP contribution in [0.1, 0.15) is 180 Å². The van der Waals surface area contributed by atoms with Crippen LogP contribution in [-0.4, -0.2) is 6.71 Å². The third-order valence-corrected chi connectivity index (χ3v) is 18.4. The van der Waals surface area contributed by atoms with Crippen molar-refractivity contribution in [2.24, 2.45) is 0 Å². The first-order valence-corrected chi connectivity index (χ1v) is 25.9. The van der Waals surface area contributed by atoms with E-state index in [0.29, 0.717) is 0 Å². The van der Waals surface area contributed by atoms with Crippen molar-refractivity contribution in [2.45, 2.75) is 181 Å². The minimum atomic E-state index is -0.132. The number of furan rings is 1. The van der Waals surface area contributed by atoms with Crippen molar-refractivity contribution >= 4 is 79.2 Å². The van der Waals surface area contributed by atoms with Crippen LogP contribution in [0.4, 0.5) is 34.1 Å². The van der Waals surface area contributed by atoms with Gasteiger partial charge in [-0.05, 0) is 180 Å². The van der Waals surface area contributed by atoms with E-state index in [2.05, 4.69) is 212 Å². The number of hydrogen-bond donors (Lipinski definition) is 0. The van der Waals surface area contributed by atoms with Crippen LogP contribution in [0.5, 0.6) is 0 Å². The number of anilines is 6. The van der Waals surface area contributed by atoms with Crippen molar-refractivity contribution in [3.05, 3.63) is 136 Å². The molecule has 5 aliphatic rings. The maximum absolute atomic E-state index is 7.04. The highest BCUT2D eigenvalue weighted by molar-refractivity contribution is 7.00. The van der Waals surface area contributed by atoms with Crippen LogP contribution in [-0.2, 0) is 37.9 Å². The molecule has 0 amide bonds. The van der Waals surface area contributed by atoms with Crippen molar-refractivity contribution in [3.63, 3.8) is 0 Å². The number of nitrogens with zero attached hydrogens (tertiary/aromatic N) is 2. The molecule has 2 aliphatic heterocycles. The Kier molecular flexibility index (Phi) is 8.77. The van der Waals surface area contributed by atoms with Crippen LogP contribution in [0.2, 0.25) is 0 Å². The first-order valence-electron chi connectivity index (χ1n) is 25.9. The Morgan fingerprint density at radius 3 is 1.43 bits per heavy atom. The number of fused-ring (bicyclic) bond motifs is 10. The molecule has 7 aromatic rings. The van der Waals surface area contributed by atoms with Crippen molar-refractivity contribution in [2.75, 3.05) is 9.80 Å². The number of aryl methyl sites for hydroxylation is 1. The van der Waals surface area contributed by atoms with Gasteiger partial charge in [0.05, 0.1) is 5.69 Å². The van der Waals surface area contributed by atoms with Crippen molar-refractivity contribution < 1.29 is 4.42 Å². The molecule has 1 aromatic heterocycles. The lowest BCUT2D eigenvalue weighted by atomic mass is 9.32. The summed E-state index contributed by atoms with van der Waals surface area (Å²) in [6.07, 6.45) is 5.81. The van der Waals surface area contributed by atoms with Crippen molar-refractivity contribution in [3.8, 4) is 0 Å². The molecule has 0 bridgehead atoms. The molecule has 3 aliphatic carbocycles. The molecule has 0 spiro atoms. The van der Waals surface area contributed by atoms with E-state index in [1.165, 1.54) is 109 Å². The van der Waals surface area contributed by atoms with E-state index < -0.39 is 0 Å². The normalized spacial score (nSPS) is 20.7. The van der Waals surface area contributed by atoms with E-state index in [1.54, 1.807) is 0 Å². The maximum atomic E-state index is 7.04. The smallest absolute Gasteiger partial charge is 0.252 e. The number of rotatable bonds is 2. The summed E-state index contributed by atoms with van der Waals surface area (Å²) in [6.45, 7) is 39.4. The third-order valence-electron chi connectivity index (χ3n) is 18.4. The zero-order valence-corrected chi connectivity index (χ0v) is 44.1. The first kappa shape index (κ1) is 44.0. The quantitative estimate of drug-likeness (QED) is 0.161. The average molecular weight is 897 g/mol. The van der Waals surface area contributed by atoms with Crippen LogP contribution in [0, 0.1) is 6.92 Å². The molecule has 0 saturated heterocycles. The molecule has 0 saturated carbocycles. The van der Waals surface area contributed by atoms with E-state index >= 15 is 0 Å². The van der Waals surface area contributed by atoms with Crippen LogP contribution in [0.3, 0.4) is 0 Å². The Hall–Kier alpha value is -5.22. The van der Waals surface area contributed by atoms with E-state index in [0.717, 1.165) is 40.5 Å². The van der Waals surface area contributed by atoms with E-state index in [9.17, 15) is 0 Å². The van der Waals surface area contributed by atoms with Gasteiger partial charge in [0, 0.05) is 39.2 Å². The van der Waals surface area contributed by atoms with Crippen molar-refractivity contribution in [1.82, 2.24) is 0 Å². The summed E-state index contributed by atoms with van der Waals surface area (Å²) < 4.78 is 7.04. The highest BCUT2D eigenvalue weighted by Crippen LogP contribution is 2.56. The number of para-hydroxylation sites is 2. The van der Waals surface area contributed by atoms with Crippen LogP contribution in [0.25, 0.3) is 21.9 Å². The molecule has 3 nitrogen and oxygen atoms in total. The monoisotopic (exact) mass is 897 g/mol. The van der Waals surface area contributed by atoms with Gasteiger partial charge < -0.3 is 14.2 Å². The van der Waals surface area contributed by atoms with Gasteiger partial charge >= 0.3 is 0 Å². The topological polar surface area (TPSA) is 19.6 Å². The van der Waals surface area contributed by atoms with Gasteiger partial charge in [-0.3, -0.25) is 0 Å². The van der Waals surface area contributed by atoms with E-state index in [1.807, 2.05) is 0 Å². The highest BCUT2D eigenvalue weighted by atomic mass is 16.3. The summed E-state index contributed by atoms with van der Waals surface area (Å²) in [5.41, 5.74) is 25.6. The van der Waals surface area contributed by atoms with Gasteiger partial charge in [-0.1, -0.05) is 152 Å². The van der Waals surface area contributed by atoms with Crippen LogP contribution >= 0.6 is 0 Å². The summed E-state index contributed by atoms with van der Waals surface area (Å²) in [4.78, 5) is 5.41. The zero-order chi connectivity index (χ0) is 48.2. The lowest BCUT2D eigenvalue weighted by molar-refractivity contribution is 0.332. The van der Waals surface area contributed by atoms with Gasteiger partial charge in [0.15, 0.2) is 5.58 Å². The Morgan fingerprint density at radius 1 is 0.456 bits per heavy atom. The van der Waals surface area contributed by atoms with Crippen molar-refractivity contribution in [1.29, 1.82) is 0 Å². The molecule has 0 N–H and O–H groups in total. The van der Waals surface area contributed by atoms with Gasteiger partial charge in [0.1, 0.15) is 5.58 Å². The average Bonchev–Trinajstić information content (AvgIpc) is 3.72. The molecule has 6 aromatic carbocycles. The van der Waals surface area contributed by atoms with E-state index in [-0.39, 0.29) is 44.6 Å². The lowest BCUT2D eigenvalue weighted by Crippen LogP contribution is -2.62. The molecular weight excluding hydrogens is 824 g/mol. The summed E-state index contributed by atoms with van der Waals surface area (Å²) in [5.74, 6) is 0. The van der Waals surface area contributed by atoms with Gasteiger partial charge in [-0.25, -0.2) is 0 Å². The predicted octanol–water partition coefficient (Wildman–Crippen LogP) is 15.9. The van der Waals surface area contributed by atoms with Gasteiger partial charge in [0.25, 0.3) is 6.71 Å². The van der Waals surface area contributed by atoms with Gasteiger partial charge in [-0.15, -0.1) is 0 Å². The second kappa shape index (κ2) is 13.6. The second-order valence-corrected chi connectivity index (χ2v) is 27.1. The zero-order valence-electron chi connectivity index (χ0n) is 44.1. The maximum Gasteiger partial charge on any atom is 0.252 e. The Bertz CT molecular complexity index is 3340. The van der Waals surface area contributed by atoms with Gasteiger partial charge in [-0.2, -0.15) is 0 Å². The third kappa shape index (κ3) is 6.03. The molecular formula is C64H73BN2O. The van der Waals surface area contributed by atoms with Crippen LogP contribution in [0.15, 0.2) is 95.4 Å².